The summed E-state index contributed by atoms with van der Waals surface area (Å²) in [5.41, 5.74) is 2.31. The van der Waals surface area contributed by atoms with Crippen LogP contribution >= 0.6 is 0 Å². The second kappa shape index (κ2) is 6.35. The molecule has 94 valence electrons. The van der Waals surface area contributed by atoms with Crippen LogP contribution in [0.3, 0.4) is 0 Å². The van der Waals surface area contributed by atoms with Gasteiger partial charge in [0.05, 0.1) is 6.04 Å². The Morgan fingerprint density at radius 1 is 1.41 bits per heavy atom. The minimum absolute atomic E-state index is 0.0340. The average Bonchev–Trinajstić information content (AvgIpc) is 2.26. The van der Waals surface area contributed by atoms with Crippen LogP contribution in [-0.4, -0.2) is 23.0 Å². The highest BCUT2D eigenvalue weighted by atomic mass is 16.2. The zero-order valence-electron chi connectivity index (χ0n) is 10.9. The van der Waals surface area contributed by atoms with Crippen molar-refractivity contribution < 1.29 is 4.79 Å². The maximum Gasteiger partial charge on any atom is 0.237 e. The maximum atomic E-state index is 11.7. The molecule has 17 heavy (non-hydrogen) atoms. The van der Waals surface area contributed by atoms with E-state index in [0.717, 1.165) is 5.56 Å². The topological polar surface area (TPSA) is 54.0 Å². The third-order valence-corrected chi connectivity index (χ3v) is 2.56. The van der Waals surface area contributed by atoms with Gasteiger partial charge < -0.3 is 10.6 Å². The van der Waals surface area contributed by atoms with E-state index in [1.165, 1.54) is 5.56 Å². The van der Waals surface area contributed by atoms with Gasteiger partial charge in [0.1, 0.15) is 0 Å². The van der Waals surface area contributed by atoms with E-state index in [1.807, 2.05) is 40.0 Å². The minimum Gasteiger partial charge on any atom is -0.353 e. The Bertz CT molecular complexity index is 377. The third kappa shape index (κ3) is 4.53. The summed E-state index contributed by atoms with van der Waals surface area (Å²) in [6, 6.07) is 1.95. The Morgan fingerprint density at radius 3 is 2.71 bits per heavy atom. The summed E-state index contributed by atoms with van der Waals surface area (Å²) in [5, 5.41) is 6.08. The molecule has 1 aromatic heterocycles. The molecule has 1 rings (SSSR count). The molecule has 4 nitrogen and oxygen atoms in total. The van der Waals surface area contributed by atoms with Crippen molar-refractivity contribution in [3.63, 3.8) is 0 Å². The summed E-state index contributed by atoms with van der Waals surface area (Å²) in [5.74, 6) is 0.0340. The Kier molecular flexibility index (Phi) is 5.10. The van der Waals surface area contributed by atoms with E-state index in [1.54, 1.807) is 6.20 Å². The normalized spacial score (nSPS) is 12.5. The van der Waals surface area contributed by atoms with Crippen molar-refractivity contribution in [2.24, 2.45) is 0 Å². The van der Waals surface area contributed by atoms with Crippen molar-refractivity contribution in [3.05, 3.63) is 29.6 Å². The highest BCUT2D eigenvalue weighted by molar-refractivity contribution is 5.81. The number of pyridine rings is 1. The van der Waals surface area contributed by atoms with E-state index in [4.69, 9.17) is 0 Å². The van der Waals surface area contributed by atoms with Gasteiger partial charge in [-0.3, -0.25) is 9.78 Å². The minimum atomic E-state index is -0.190. The van der Waals surface area contributed by atoms with Crippen LogP contribution in [0.15, 0.2) is 18.5 Å². The SMILES string of the molecule is Cc1cnccc1CNC(C)C(=O)NC(C)C. The molecule has 1 aromatic rings. The van der Waals surface area contributed by atoms with Gasteiger partial charge in [-0.2, -0.15) is 0 Å². The van der Waals surface area contributed by atoms with Crippen molar-refractivity contribution in [2.75, 3.05) is 0 Å². The molecule has 0 spiro atoms. The number of nitrogens with zero attached hydrogens (tertiary/aromatic N) is 1. The molecule has 2 N–H and O–H groups in total. The third-order valence-electron chi connectivity index (χ3n) is 2.56. The molecule has 4 heteroatoms. The lowest BCUT2D eigenvalue weighted by Crippen LogP contribution is -2.44. The van der Waals surface area contributed by atoms with Gasteiger partial charge in [0.2, 0.25) is 5.91 Å². The molecular weight excluding hydrogens is 214 g/mol. The van der Waals surface area contributed by atoms with E-state index in [2.05, 4.69) is 15.6 Å². The lowest BCUT2D eigenvalue weighted by Gasteiger charge is -2.16. The number of aryl methyl sites for hydroxylation is 1. The molecule has 1 unspecified atom stereocenters. The first kappa shape index (κ1) is 13.6. The van der Waals surface area contributed by atoms with Crippen LogP contribution in [0.4, 0.5) is 0 Å². The fraction of sp³-hybridized carbons (Fsp3) is 0.538. The van der Waals surface area contributed by atoms with E-state index < -0.39 is 0 Å². The molecule has 0 bridgehead atoms. The number of rotatable bonds is 5. The molecule has 0 saturated heterocycles. The summed E-state index contributed by atoms with van der Waals surface area (Å²) < 4.78 is 0. The first-order valence-corrected chi connectivity index (χ1v) is 5.94. The molecule has 1 amide bonds. The smallest absolute Gasteiger partial charge is 0.237 e. The molecule has 0 aliphatic heterocycles. The van der Waals surface area contributed by atoms with Crippen molar-refractivity contribution in [2.45, 2.75) is 46.3 Å². The lowest BCUT2D eigenvalue weighted by molar-refractivity contribution is -0.123. The van der Waals surface area contributed by atoms with Crippen molar-refractivity contribution >= 4 is 5.91 Å². The number of aromatic nitrogens is 1. The maximum absolute atomic E-state index is 11.7. The Hall–Kier alpha value is -1.42. The summed E-state index contributed by atoms with van der Waals surface area (Å²) in [4.78, 5) is 15.7. The molecular formula is C13H21N3O. The van der Waals surface area contributed by atoms with Gasteiger partial charge in [0, 0.05) is 25.0 Å². The summed E-state index contributed by atoms with van der Waals surface area (Å²) in [6.07, 6.45) is 3.60. The summed E-state index contributed by atoms with van der Waals surface area (Å²) in [7, 11) is 0. The molecule has 0 aliphatic rings. The van der Waals surface area contributed by atoms with Crippen LogP contribution in [0.5, 0.6) is 0 Å². The number of amides is 1. The van der Waals surface area contributed by atoms with E-state index in [-0.39, 0.29) is 18.0 Å². The molecule has 1 heterocycles. The molecule has 0 aliphatic carbocycles. The summed E-state index contributed by atoms with van der Waals surface area (Å²) in [6.45, 7) is 8.48. The molecule has 0 saturated carbocycles. The number of nitrogens with one attached hydrogen (secondary N) is 2. The molecule has 0 fully saturated rings. The van der Waals surface area contributed by atoms with Gasteiger partial charge in [-0.05, 0) is 44.9 Å². The lowest BCUT2D eigenvalue weighted by atomic mass is 10.1. The van der Waals surface area contributed by atoms with Gasteiger partial charge >= 0.3 is 0 Å². The number of carbonyl (C=O) groups excluding carboxylic acids is 1. The van der Waals surface area contributed by atoms with Gasteiger partial charge in [-0.25, -0.2) is 0 Å². The van der Waals surface area contributed by atoms with E-state index in [9.17, 15) is 4.79 Å². The van der Waals surface area contributed by atoms with E-state index in [0.29, 0.717) is 6.54 Å². The fourth-order valence-electron chi connectivity index (χ4n) is 1.47. The average molecular weight is 235 g/mol. The standard InChI is InChI=1S/C13H21N3O/c1-9(2)16-13(17)11(4)15-8-12-5-6-14-7-10(12)3/h5-7,9,11,15H,8H2,1-4H3,(H,16,17). The van der Waals surface area contributed by atoms with Crippen molar-refractivity contribution in [1.29, 1.82) is 0 Å². The van der Waals surface area contributed by atoms with Gasteiger partial charge in [0.15, 0.2) is 0 Å². The highest BCUT2D eigenvalue weighted by Gasteiger charge is 2.12. The van der Waals surface area contributed by atoms with Crippen molar-refractivity contribution in [3.8, 4) is 0 Å². The quantitative estimate of drug-likeness (QED) is 0.811. The zero-order chi connectivity index (χ0) is 12.8. The predicted molar refractivity (Wildman–Crippen MR) is 68.6 cm³/mol. The first-order valence-electron chi connectivity index (χ1n) is 5.94. The van der Waals surface area contributed by atoms with Gasteiger partial charge in [-0.15, -0.1) is 0 Å². The largest absolute Gasteiger partial charge is 0.353 e. The molecule has 1 atom stereocenters. The van der Waals surface area contributed by atoms with Gasteiger partial charge in [0.25, 0.3) is 0 Å². The van der Waals surface area contributed by atoms with Crippen LogP contribution in [0.1, 0.15) is 31.9 Å². The Labute approximate surface area is 103 Å². The van der Waals surface area contributed by atoms with Crippen LogP contribution in [-0.2, 0) is 11.3 Å². The van der Waals surface area contributed by atoms with Gasteiger partial charge in [-0.1, -0.05) is 0 Å². The van der Waals surface area contributed by atoms with Crippen LogP contribution in [0, 0.1) is 6.92 Å². The number of hydrogen-bond donors (Lipinski definition) is 2. The monoisotopic (exact) mass is 235 g/mol. The Balaban J connectivity index is 2.46. The van der Waals surface area contributed by atoms with Crippen LogP contribution in [0.2, 0.25) is 0 Å². The van der Waals surface area contributed by atoms with Crippen LogP contribution < -0.4 is 10.6 Å². The number of carbonyl (C=O) groups is 1. The highest BCUT2D eigenvalue weighted by Crippen LogP contribution is 2.04. The Morgan fingerprint density at radius 2 is 2.12 bits per heavy atom. The molecule has 0 radical (unpaired) electrons. The van der Waals surface area contributed by atoms with E-state index >= 15 is 0 Å². The number of hydrogen-bond acceptors (Lipinski definition) is 3. The molecule has 0 aromatic carbocycles. The predicted octanol–water partition coefficient (Wildman–Crippen LogP) is 1.39. The fourth-order valence-corrected chi connectivity index (χ4v) is 1.47. The second-order valence-electron chi connectivity index (χ2n) is 4.57. The van der Waals surface area contributed by atoms with Crippen molar-refractivity contribution in [1.82, 2.24) is 15.6 Å². The second-order valence-corrected chi connectivity index (χ2v) is 4.57. The first-order chi connectivity index (χ1) is 8.00. The zero-order valence-corrected chi connectivity index (χ0v) is 10.9. The summed E-state index contributed by atoms with van der Waals surface area (Å²) >= 11 is 0. The van der Waals surface area contributed by atoms with Crippen LogP contribution in [0.25, 0.3) is 0 Å².